The zero-order valence-corrected chi connectivity index (χ0v) is 13.5. The van der Waals surface area contributed by atoms with Crippen molar-refractivity contribution in [1.82, 2.24) is 4.90 Å². The Morgan fingerprint density at radius 1 is 1.29 bits per heavy atom. The second-order valence-corrected chi connectivity index (χ2v) is 6.00. The van der Waals surface area contributed by atoms with Crippen LogP contribution in [-0.4, -0.2) is 35.7 Å². The van der Waals surface area contributed by atoms with Gasteiger partial charge in [0, 0.05) is 6.54 Å². The summed E-state index contributed by atoms with van der Waals surface area (Å²) in [6.45, 7) is 0.259. The number of aliphatic hydroxyl groups excluding tert-OH is 1. The van der Waals surface area contributed by atoms with E-state index in [1.165, 1.54) is 6.07 Å². The van der Waals surface area contributed by atoms with Gasteiger partial charge in [0.1, 0.15) is 11.6 Å². The molecule has 24 heavy (non-hydrogen) atoms. The Morgan fingerprint density at radius 3 is 2.83 bits per heavy atom. The molecule has 4 nitrogen and oxygen atoms in total. The molecule has 2 atom stereocenters. The lowest BCUT2D eigenvalue weighted by molar-refractivity contribution is -0.131. The van der Waals surface area contributed by atoms with E-state index in [9.17, 15) is 14.3 Å². The highest BCUT2D eigenvalue weighted by Gasteiger charge is 2.35. The average molecular weight is 329 g/mol. The maximum absolute atomic E-state index is 13.8. The van der Waals surface area contributed by atoms with Crippen molar-refractivity contribution in [1.29, 1.82) is 0 Å². The van der Waals surface area contributed by atoms with Gasteiger partial charge in [0.15, 0.2) is 0 Å². The van der Waals surface area contributed by atoms with Gasteiger partial charge in [0.2, 0.25) is 5.91 Å². The number of β-amino-alcohol motifs (C(OH)–C–C–N with tert-alkyl or cyclic N) is 1. The van der Waals surface area contributed by atoms with Crippen LogP contribution in [-0.2, 0) is 11.2 Å². The minimum atomic E-state index is -0.578. The van der Waals surface area contributed by atoms with Crippen LogP contribution in [0.4, 0.5) is 4.39 Å². The van der Waals surface area contributed by atoms with Gasteiger partial charge in [-0.25, -0.2) is 4.39 Å². The van der Waals surface area contributed by atoms with Gasteiger partial charge in [-0.2, -0.15) is 0 Å². The van der Waals surface area contributed by atoms with Crippen molar-refractivity contribution < 1.29 is 19.0 Å². The second-order valence-electron chi connectivity index (χ2n) is 6.00. The maximum atomic E-state index is 13.8. The standard InChI is InChI=1S/C19H20FNO3/c1-24-16-7-4-6-14(9-16)18-11-15(22)12-21(18)19(23)10-13-5-2-3-8-17(13)20/h2-9,15,18,22H,10-12H2,1H3/t15-,18+/m0/s1. The van der Waals surface area contributed by atoms with E-state index in [4.69, 9.17) is 4.74 Å². The number of carbonyl (C=O) groups excluding carboxylic acids is 1. The molecule has 2 aromatic rings. The van der Waals surface area contributed by atoms with Gasteiger partial charge in [-0.3, -0.25) is 4.79 Å². The minimum absolute atomic E-state index is 0.0140. The molecule has 1 aliphatic rings. The van der Waals surface area contributed by atoms with Crippen LogP contribution in [0.5, 0.6) is 5.75 Å². The molecule has 126 valence electrons. The highest BCUT2D eigenvalue weighted by molar-refractivity contribution is 5.79. The number of ether oxygens (including phenoxy) is 1. The molecule has 1 heterocycles. The molecule has 5 heteroatoms. The summed E-state index contributed by atoms with van der Waals surface area (Å²) in [4.78, 5) is 14.3. The molecule has 3 rings (SSSR count). The zero-order chi connectivity index (χ0) is 17.1. The van der Waals surface area contributed by atoms with Crippen molar-refractivity contribution in [2.45, 2.75) is 25.0 Å². The Kier molecular flexibility index (Phi) is 4.81. The molecule has 1 aliphatic heterocycles. The number of amides is 1. The Labute approximate surface area is 140 Å². The number of nitrogens with zero attached hydrogens (tertiary/aromatic N) is 1. The third-order valence-electron chi connectivity index (χ3n) is 4.38. The molecule has 0 aliphatic carbocycles. The van der Waals surface area contributed by atoms with Gasteiger partial charge >= 0.3 is 0 Å². The Bertz CT molecular complexity index is 734. The fourth-order valence-corrected chi connectivity index (χ4v) is 3.16. The summed E-state index contributed by atoms with van der Waals surface area (Å²) < 4.78 is 19.0. The highest BCUT2D eigenvalue weighted by Crippen LogP contribution is 2.34. The van der Waals surface area contributed by atoms with E-state index < -0.39 is 6.10 Å². The van der Waals surface area contributed by atoms with E-state index in [-0.39, 0.29) is 30.7 Å². The zero-order valence-electron chi connectivity index (χ0n) is 13.5. The Balaban J connectivity index is 1.82. The molecule has 0 spiro atoms. The minimum Gasteiger partial charge on any atom is -0.497 e. The number of likely N-dealkylation sites (tertiary alicyclic amines) is 1. The van der Waals surface area contributed by atoms with Crippen molar-refractivity contribution in [2.24, 2.45) is 0 Å². The van der Waals surface area contributed by atoms with Crippen molar-refractivity contribution in [3.63, 3.8) is 0 Å². The van der Waals surface area contributed by atoms with Crippen molar-refractivity contribution in [3.05, 3.63) is 65.5 Å². The van der Waals surface area contributed by atoms with Crippen LogP contribution in [0.2, 0.25) is 0 Å². The largest absolute Gasteiger partial charge is 0.497 e. The summed E-state index contributed by atoms with van der Waals surface area (Å²) in [6.07, 6.45) is -0.124. The van der Waals surface area contributed by atoms with E-state index in [2.05, 4.69) is 0 Å². The molecule has 0 radical (unpaired) electrons. The number of hydrogen-bond acceptors (Lipinski definition) is 3. The number of carbonyl (C=O) groups is 1. The monoisotopic (exact) mass is 329 g/mol. The van der Waals surface area contributed by atoms with Gasteiger partial charge in [0.05, 0.1) is 25.7 Å². The molecule has 2 aromatic carbocycles. The summed E-state index contributed by atoms with van der Waals surface area (Å²) in [7, 11) is 1.59. The first-order valence-electron chi connectivity index (χ1n) is 7.93. The van der Waals surface area contributed by atoms with Gasteiger partial charge in [-0.15, -0.1) is 0 Å². The average Bonchev–Trinajstić information content (AvgIpc) is 2.99. The van der Waals surface area contributed by atoms with Crippen LogP contribution in [0.1, 0.15) is 23.6 Å². The fourth-order valence-electron chi connectivity index (χ4n) is 3.16. The van der Waals surface area contributed by atoms with E-state index in [0.717, 1.165) is 5.56 Å². The summed E-state index contributed by atoms with van der Waals surface area (Å²) >= 11 is 0. The normalized spacial score (nSPS) is 20.2. The molecule has 0 bridgehead atoms. The molecular formula is C19H20FNO3. The van der Waals surface area contributed by atoms with Crippen LogP contribution in [0.25, 0.3) is 0 Å². The van der Waals surface area contributed by atoms with Crippen molar-refractivity contribution in [2.75, 3.05) is 13.7 Å². The van der Waals surface area contributed by atoms with Gasteiger partial charge in [-0.1, -0.05) is 30.3 Å². The van der Waals surface area contributed by atoms with E-state index in [1.54, 1.807) is 30.2 Å². The molecule has 1 fully saturated rings. The number of methoxy groups -OCH3 is 1. The van der Waals surface area contributed by atoms with E-state index in [0.29, 0.717) is 17.7 Å². The predicted molar refractivity (Wildman–Crippen MR) is 88.2 cm³/mol. The molecule has 0 saturated carbocycles. The lowest BCUT2D eigenvalue weighted by Crippen LogP contribution is -2.33. The number of aliphatic hydroxyl groups is 1. The third-order valence-corrected chi connectivity index (χ3v) is 4.38. The first-order valence-corrected chi connectivity index (χ1v) is 7.93. The molecule has 1 saturated heterocycles. The van der Waals surface area contributed by atoms with E-state index in [1.807, 2.05) is 24.3 Å². The number of hydrogen-bond donors (Lipinski definition) is 1. The lowest BCUT2D eigenvalue weighted by Gasteiger charge is -2.25. The van der Waals surface area contributed by atoms with Crippen LogP contribution in [0.15, 0.2) is 48.5 Å². The summed E-state index contributed by atoms with van der Waals surface area (Å²) in [6, 6.07) is 13.5. The van der Waals surface area contributed by atoms with Gasteiger partial charge < -0.3 is 14.7 Å². The Hall–Kier alpha value is -2.40. The smallest absolute Gasteiger partial charge is 0.227 e. The quantitative estimate of drug-likeness (QED) is 0.938. The third kappa shape index (κ3) is 3.41. The van der Waals surface area contributed by atoms with Crippen LogP contribution < -0.4 is 4.74 Å². The second kappa shape index (κ2) is 7.01. The summed E-state index contributed by atoms with van der Waals surface area (Å²) in [5, 5.41) is 10.0. The van der Waals surface area contributed by atoms with Crippen molar-refractivity contribution >= 4 is 5.91 Å². The van der Waals surface area contributed by atoms with Crippen LogP contribution in [0, 0.1) is 5.82 Å². The first kappa shape index (κ1) is 16.5. The van der Waals surface area contributed by atoms with Gasteiger partial charge in [-0.05, 0) is 35.7 Å². The van der Waals surface area contributed by atoms with Crippen LogP contribution in [0.3, 0.4) is 0 Å². The Morgan fingerprint density at radius 2 is 2.08 bits per heavy atom. The molecule has 0 unspecified atom stereocenters. The highest BCUT2D eigenvalue weighted by atomic mass is 19.1. The van der Waals surface area contributed by atoms with Gasteiger partial charge in [0.25, 0.3) is 0 Å². The molecule has 0 aromatic heterocycles. The molecule has 1 amide bonds. The van der Waals surface area contributed by atoms with Crippen molar-refractivity contribution in [3.8, 4) is 5.75 Å². The summed E-state index contributed by atoms with van der Waals surface area (Å²) in [5.41, 5.74) is 1.28. The fraction of sp³-hybridized carbons (Fsp3) is 0.316. The maximum Gasteiger partial charge on any atom is 0.227 e. The van der Waals surface area contributed by atoms with Crippen LogP contribution >= 0.6 is 0 Å². The number of halogens is 1. The molecular weight excluding hydrogens is 309 g/mol. The topological polar surface area (TPSA) is 49.8 Å². The number of rotatable bonds is 4. The first-order chi connectivity index (χ1) is 11.6. The predicted octanol–water partition coefficient (Wildman–Crippen LogP) is 2.71. The van der Waals surface area contributed by atoms with E-state index >= 15 is 0 Å². The number of benzene rings is 2. The molecule has 1 N–H and O–H groups in total. The lowest BCUT2D eigenvalue weighted by atomic mass is 10.0. The SMILES string of the molecule is COc1cccc([C@H]2C[C@H](O)CN2C(=O)Cc2ccccc2F)c1. The summed E-state index contributed by atoms with van der Waals surface area (Å²) in [5.74, 6) is 0.128.